The van der Waals surface area contributed by atoms with E-state index in [1.165, 1.54) is 11.1 Å². The van der Waals surface area contributed by atoms with Gasteiger partial charge in [0.2, 0.25) is 17.7 Å². The highest BCUT2D eigenvalue weighted by Gasteiger charge is 2.46. The number of pyridine rings is 1. The lowest BCUT2D eigenvalue weighted by molar-refractivity contribution is -0.147. The summed E-state index contributed by atoms with van der Waals surface area (Å²) >= 11 is 1.60. The van der Waals surface area contributed by atoms with E-state index in [1.807, 2.05) is 49.8 Å². The molecule has 0 unspecified atom stereocenters. The summed E-state index contributed by atoms with van der Waals surface area (Å²) in [6, 6.07) is 10.2. The highest BCUT2D eigenvalue weighted by Crippen LogP contribution is 2.30. The Labute approximate surface area is 327 Å². The summed E-state index contributed by atoms with van der Waals surface area (Å²) in [7, 11) is 1.95. The molecule has 4 heterocycles. The Bertz CT molecular complexity index is 1710. The van der Waals surface area contributed by atoms with Gasteiger partial charge >= 0.3 is 0 Å². The molecule has 0 saturated carbocycles. The number of amides is 4. The van der Waals surface area contributed by atoms with Crippen molar-refractivity contribution in [3.63, 3.8) is 0 Å². The molecule has 3 aromatic rings. The minimum atomic E-state index is -1.11. The molecule has 5 N–H and O–H groups in total. The number of piperazine rings is 1. The minimum Gasteiger partial charge on any atom is -0.391 e. The number of likely N-dealkylation sites (N-methyl/N-ethyl adjacent to an activating group) is 1. The van der Waals surface area contributed by atoms with Gasteiger partial charge in [0, 0.05) is 71.0 Å². The number of hydrogen-bond donors (Lipinski definition) is 5. The van der Waals surface area contributed by atoms with Gasteiger partial charge in [-0.25, -0.2) is 9.97 Å². The van der Waals surface area contributed by atoms with Gasteiger partial charge in [-0.2, -0.15) is 0 Å². The van der Waals surface area contributed by atoms with Crippen LogP contribution in [0.5, 0.6) is 0 Å². The molecule has 0 bridgehead atoms. The van der Waals surface area contributed by atoms with Crippen molar-refractivity contribution in [2.24, 2.45) is 5.41 Å². The van der Waals surface area contributed by atoms with Gasteiger partial charge in [-0.1, -0.05) is 24.3 Å². The molecule has 0 radical (unpaired) electrons. The number of likely N-dealkylation sites (tertiary alicyclic amines) is 1. The average Bonchev–Trinajstić information content (AvgIpc) is 3.78. The molecule has 0 spiro atoms. The van der Waals surface area contributed by atoms with Crippen LogP contribution in [0.2, 0.25) is 0 Å². The van der Waals surface area contributed by atoms with E-state index >= 15 is 0 Å². The lowest BCUT2D eigenvalue weighted by Gasteiger charge is -2.36. The monoisotopic (exact) mass is 783 g/mol. The Morgan fingerprint density at radius 1 is 1.00 bits per heavy atom. The van der Waals surface area contributed by atoms with Crippen LogP contribution < -0.4 is 26.2 Å². The predicted molar refractivity (Wildman–Crippen MR) is 213 cm³/mol. The third-order valence-corrected chi connectivity index (χ3v) is 11.3. The smallest absolute Gasteiger partial charge is 0.253 e. The number of rotatable bonds is 15. The first-order chi connectivity index (χ1) is 25.4. The van der Waals surface area contributed by atoms with E-state index in [2.05, 4.69) is 41.0 Å². The molecular weight excluding hydrogens is 730 g/mol. The SMILES string of the molecule is CNCCN1CCN(c2ccc(C(=O)NCC(=O)N[C@@H](C)C(C)(C)C(=O)N3C[C@H](O)C[C@H]3C(=O)NCCc3ccc(-c4scnc4C)cc3)cn2)CC1.Cl. The van der Waals surface area contributed by atoms with Crippen molar-refractivity contribution in [3.05, 3.63) is 64.9 Å². The minimum absolute atomic E-state index is 0. The van der Waals surface area contributed by atoms with Crippen molar-refractivity contribution >= 4 is 53.2 Å². The van der Waals surface area contributed by atoms with Crippen LogP contribution in [0.25, 0.3) is 10.4 Å². The van der Waals surface area contributed by atoms with Crippen LogP contribution in [0.15, 0.2) is 48.1 Å². The first-order valence-electron chi connectivity index (χ1n) is 18.3. The maximum absolute atomic E-state index is 13.8. The van der Waals surface area contributed by atoms with Crippen LogP contribution >= 0.6 is 23.7 Å². The first kappa shape index (κ1) is 42.6. The number of carbonyl (C=O) groups excluding carboxylic acids is 4. The fourth-order valence-corrected chi connectivity index (χ4v) is 7.42. The number of aryl methyl sites for hydroxylation is 1. The van der Waals surface area contributed by atoms with Gasteiger partial charge in [0.1, 0.15) is 11.9 Å². The number of aliphatic hydroxyl groups excluding tert-OH is 1. The summed E-state index contributed by atoms with van der Waals surface area (Å²) in [5.74, 6) is -0.763. The molecule has 3 atom stereocenters. The van der Waals surface area contributed by atoms with Crippen molar-refractivity contribution in [2.75, 3.05) is 70.9 Å². The van der Waals surface area contributed by atoms with Crippen LogP contribution in [0, 0.1) is 12.3 Å². The number of benzene rings is 1. The number of aromatic nitrogens is 2. The molecule has 294 valence electrons. The van der Waals surface area contributed by atoms with Gasteiger partial charge in [0.25, 0.3) is 5.91 Å². The van der Waals surface area contributed by atoms with Crippen molar-refractivity contribution in [1.82, 2.24) is 41.0 Å². The van der Waals surface area contributed by atoms with E-state index < -0.39 is 35.4 Å². The summed E-state index contributed by atoms with van der Waals surface area (Å²) < 4.78 is 0. The molecule has 2 aromatic heterocycles. The second-order valence-electron chi connectivity index (χ2n) is 14.4. The molecule has 2 saturated heterocycles. The lowest BCUT2D eigenvalue weighted by atomic mass is 9.83. The van der Waals surface area contributed by atoms with Crippen molar-refractivity contribution < 1.29 is 24.3 Å². The molecule has 54 heavy (non-hydrogen) atoms. The quantitative estimate of drug-likeness (QED) is 0.153. The molecule has 14 nitrogen and oxygen atoms in total. The molecule has 2 fully saturated rings. The van der Waals surface area contributed by atoms with E-state index in [-0.39, 0.29) is 43.7 Å². The molecule has 1 aromatic carbocycles. The van der Waals surface area contributed by atoms with E-state index in [0.717, 1.165) is 66.8 Å². The topological polar surface area (TPSA) is 172 Å². The summed E-state index contributed by atoms with van der Waals surface area (Å²) in [6.07, 6.45) is 1.42. The Hall–Kier alpha value is -4.15. The van der Waals surface area contributed by atoms with Gasteiger partial charge < -0.3 is 36.2 Å². The second-order valence-corrected chi connectivity index (χ2v) is 15.3. The highest BCUT2D eigenvalue weighted by atomic mass is 35.5. The summed E-state index contributed by atoms with van der Waals surface area (Å²) in [5.41, 5.74) is 4.22. The molecule has 0 aliphatic carbocycles. The summed E-state index contributed by atoms with van der Waals surface area (Å²) in [5, 5.41) is 22.1. The van der Waals surface area contributed by atoms with Gasteiger partial charge in [-0.3, -0.25) is 24.1 Å². The number of aliphatic hydroxyl groups is 1. The number of nitrogens with zero attached hydrogens (tertiary/aromatic N) is 5. The van der Waals surface area contributed by atoms with Crippen molar-refractivity contribution in [1.29, 1.82) is 0 Å². The van der Waals surface area contributed by atoms with Crippen LogP contribution in [0.1, 0.15) is 48.8 Å². The molecule has 16 heteroatoms. The number of nitrogens with one attached hydrogen (secondary N) is 4. The summed E-state index contributed by atoms with van der Waals surface area (Å²) in [4.78, 5) is 68.8. The van der Waals surface area contributed by atoms with Gasteiger partial charge in [-0.15, -0.1) is 23.7 Å². The fourth-order valence-electron chi connectivity index (χ4n) is 6.61. The van der Waals surface area contributed by atoms with E-state index in [0.29, 0.717) is 18.5 Å². The number of β-amino-alcohol motifs (C(OH)–C–C–N with tert-alkyl or cyclic N) is 1. The van der Waals surface area contributed by atoms with Gasteiger partial charge in [0.05, 0.1) is 39.7 Å². The lowest BCUT2D eigenvalue weighted by Crippen LogP contribution is -2.56. The second kappa shape index (κ2) is 19.4. The Morgan fingerprint density at radius 3 is 2.35 bits per heavy atom. The number of anilines is 1. The van der Waals surface area contributed by atoms with Crippen LogP contribution in [0.4, 0.5) is 5.82 Å². The number of halogens is 1. The highest BCUT2D eigenvalue weighted by molar-refractivity contribution is 7.13. The molecule has 2 aliphatic heterocycles. The summed E-state index contributed by atoms with van der Waals surface area (Å²) in [6.45, 7) is 12.8. The molecule has 4 amide bonds. The zero-order valence-corrected chi connectivity index (χ0v) is 33.4. The Kier molecular flexibility index (Phi) is 15.3. The van der Waals surface area contributed by atoms with Crippen LogP contribution in [-0.4, -0.2) is 133 Å². The van der Waals surface area contributed by atoms with Crippen molar-refractivity contribution in [3.8, 4) is 10.4 Å². The van der Waals surface area contributed by atoms with Crippen molar-refractivity contribution in [2.45, 2.75) is 58.7 Å². The fraction of sp³-hybridized carbons (Fsp3) is 0.526. The van der Waals surface area contributed by atoms with Gasteiger partial charge in [0.15, 0.2) is 0 Å². The maximum Gasteiger partial charge on any atom is 0.253 e. The van der Waals surface area contributed by atoms with E-state index in [4.69, 9.17) is 0 Å². The Morgan fingerprint density at radius 2 is 1.72 bits per heavy atom. The zero-order chi connectivity index (χ0) is 38.1. The number of hydrogen-bond acceptors (Lipinski definition) is 11. The van der Waals surface area contributed by atoms with Gasteiger partial charge in [-0.05, 0) is 64.4 Å². The maximum atomic E-state index is 13.8. The van der Waals surface area contributed by atoms with Crippen LogP contribution in [0.3, 0.4) is 0 Å². The Balaban J connectivity index is 0.00000650. The average molecular weight is 784 g/mol. The number of carbonyl (C=O) groups is 4. The first-order valence-corrected chi connectivity index (χ1v) is 19.2. The van der Waals surface area contributed by atoms with E-state index in [9.17, 15) is 24.3 Å². The standard InChI is InChI=1S/C38H53N9O5S.ClH/c1-25-34(53-24-43-25)28-8-6-27(7-9-28)12-13-40-36(51)31-20-30(48)23-47(31)37(52)38(3,4)26(2)44-33(49)22-42-35(50)29-10-11-32(41-21-29)46-18-16-45(17-19-46)15-14-39-5;/h6-11,21,24,26,30-31,39,48H,12-20,22-23H2,1-5H3,(H,40,51)(H,42,50)(H,44,49);1H/t26-,30+,31-;/m0./s1. The molecule has 5 rings (SSSR count). The number of thiazole rings is 1. The zero-order valence-electron chi connectivity index (χ0n) is 31.8. The predicted octanol–water partition coefficient (Wildman–Crippen LogP) is 1.86. The third-order valence-electron chi connectivity index (χ3n) is 10.3. The molecular formula is C38H54ClN9O5S. The normalized spacial score (nSPS) is 18.1. The van der Waals surface area contributed by atoms with E-state index in [1.54, 1.807) is 38.2 Å². The van der Waals surface area contributed by atoms with Crippen LogP contribution in [-0.2, 0) is 20.8 Å². The molecule has 2 aliphatic rings. The largest absolute Gasteiger partial charge is 0.391 e. The third kappa shape index (κ3) is 10.7.